The third kappa shape index (κ3) is 5.81. The average molecular weight is 386 g/mol. The molecule has 0 fully saturated rings. The number of ether oxygens (including phenoxy) is 1. The summed E-state index contributed by atoms with van der Waals surface area (Å²) < 4.78 is 18.5. The van der Waals surface area contributed by atoms with Crippen molar-refractivity contribution < 1.29 is 18.7 Å². The first-order valence-electron chi connectivity index (χ1n) is 9.46. The van der Waals surface area contributed by atoms with E-state index in [4.69, 9.17) is 4.74 Å². The van der Waals surface area contributed by atoms with Crippen molar-refractivity contribution in [2.75, 3.05) is 13.2 Å². The van der Waals surface area contributed by atoms with Crippen LogP contribution in [-0.2, 0) is 16.1 Å². The van der Waals surface area contributed by atoms with Crippen molar-refractivity contribution in [2.24, 2.45) is 0 Å². The van der Waals surface area contributed by atoms with Crippen LogP contribution in [0.25, 0.3) is 0 Å². The lowest BCUT2D eigenvalue weighted by Crippen LogP contribution is -2.50. The number of carbonyl (C=O) groups is 2. The highest BCUT2D eigenvalue weighted by Gasteiger charge is 2.28. The van der Waals surface area contributed by atoms with Gasteiger partial charge >= 0.3 is 0 Å². The average Bonchev–Trinajstić information content (AvgIpc) is 2.69. The van der Waals surface area contributed by atoms with E-state index < -0.39 is 6.04 Å². The lowest BCUT2D eigenvalue weighted by Gasteiger charge is -2.31. The predicted molar refractivity (Wildman–Crippen MR) is 106 cm³/mol. The quantitative estimate of drug-likeness (QED) is 0.718. The summed E-state index contributed by atoms with van der Waals surface area (Å²) >= 11 is 0. The highest BCUT2D eigenvalue weighted by Crippen LogP contribution is 2.17. The maximum Gasteiger partial charge on any atom is 0.261 e. The lowest BCUT2D eigenvalue weighted by molar-refractivity contribution is -0.142. The summed E-state index contributed by atoms with van der Waals surface area (Å²) in [7, 11) is 0. The topological polar surface area (TPSA) is 58.6 Å². The largest absolute Gasteiger partial charge is 0.484 e. The molecule has 0 radical (unpaired) electrons. The number of hydrogen-bond donors (Lipinski definition) is 1. The van der Waals surface area contributed by atoms with Gasteiger partial charge in [-0.05, 0) is 55.7 Å². The van der Waals surface area contributed by atoms with Crippen LogP contribution in [0.2, 0.25) is 0 Å². The summed E-state index contributed by atoms with van der Waals surface area (Å²) in [6.07, 6.45) is 0.486. The van der Waals surface area contributed by atoms with Crippen molar-refractivity contribution in [3.05, 3.63) is 65.5 Å². The van der Waals surface area contributed by atoms with Gasteiger partial charge in [0.25, 0.3) is 5.91 Å². The number of halogens is 1. The fourth-order valence-corrected chi connectivity index (χ4v) is 2.94. The molecule has 150 valence electrons. The van der Waals surface area contributed by atoms with Crippen LogP contribution in [0.3, 0.4) is 0 Å². The molecule has 5 nitrogen and oxygen atoms in total. The first-order valence-corrected chi connectivity index (χ1v) is 9.46. The Morgan fingerprint density at radius 2 is 1.79 bits per heavy atom. The van der Waals surface area contributed by atoms with E-state index in [9.17, 15) is 14.0 Å². The van der Waals surface area contributed by atoms with Crippen LogP contribution in [0.5, 0.6) is 5.75 Å². The maximum absolute atomic E-state index is 13.0. The second-order valence-electron chi connectivity index (χ2n) is 6.51. The Labute approximate surface area is 165 Å². The Hall–Kier alpha value is -2.89. The van der Waals surface area contributed by atoms with Gasteiger partial charge in [0.1, 0.15) is 17.6 Å². The maximum atomic E-state index is 13.0. The number of nitrogens with one attached hydrogen (secondary N) is 1. The first-order chi connectivity index (χ1) is 13.5. The van der Waals surface area contributed by atoms with Gasteiger partial charge < -0.3 is 15.0 Å². The van der Waals surface area contributed by atoms with Gasteiger partial charge in [-0.2, -0.15) is 0 Å². The minimum atomic E-state index is -0.594. The molecule has 1 N–H and O–H groups in total. The van der Waals surface area contributed by atoms with Crippen LogP contribution < -0.4 is 10.1 Å². The summed E-state index contributed by atoms with van der Waals surface area (Å²) in [5, 5.41) is 2.80. The van der Waals surface area contributed by atoms with Crippen LogP contribution in [0.4, 0.5) is 4.39 Å². The van der Waals surface area contributed by atoms with E-state index in [0.717, 1.165) is 11.1 Å². The van der Waals surface area contributed by atoms with Crippen molar-refractivity contribution >= 4 is 11.8 Å². The zero-order valence-corrected chi connectivity index (χ0v) is 16.6. The standard InChI is InChI=1S/C22H27FN2O3/c1-4-20(22(27)24-5-2)25(14-17-9-7-6-8-16(17)3)21(26)15-28-19-12-10-18(23)11-13-19/h6-13,20H,4-5,14-15H2,1-3H3,(H,24,27)/t20-/m0/s1. The van der Waals surface area contributed by atoms with Crippen LogP contribution in [0.1, 0.15) is 31.4 Å². The number of aryl methyl sites for hydroxylation is 1. The molecule has 0 bridgehead atoms. The Morgan fingerprint density at radius 3 is 2.39 bits per heavy atom. The molecule has 28 heavy (non-hydrogen) atoms. The van der Waals surface area contributed by atoms with E-state index in [1.54, 1.807) is 4.90 Å². The van der Waals surface area contributed by atoms with Gasteiger partial charge in [-0.1, -0.05) is 31.2 Å². The van der Waals surface area contributed by atoms with Crippen LogP contribution in [0, 0.1) is 12.7 Å². The molecule has 2 aromatic rings. The van der Waals surface area contributed by atoms with Crippen LogP contribution >= 0.6 is 0 Å². The molecule has 2 aromatic carbocycles. The molecule has 0 aliphatic rings. The van der Waals surface area contributed by atoms with Crippen molar-refractivity contribution in [3.63, 3.8) is 0 Å². The van der Waals surface area contributed by atoms with Gasteiger partial charge in [-0.15, -0.1) is 0 Å². The monoisotopic (exact) mass is 386 g/mol. The second-order valence-corrected chi connectivity index (χ2v) is 6.51. The molecule has 0 aromatic heterocycles. The number of carbonyl (C=O) groups excluding carboxylic acids is 2. The number of rotatable bonds is 9. The Morgan fingerprint density at radius 1 is 1.11 bits per heavy atom. The number of benzene rings is 2. The van der Waals surface area contributed by atoms with E-state index in [1.807, 2.05) is 45.0 Å². The minimum Gasteiger partial charge on any atom is -0.484 e. The van der Waals surface area contributed by atoms with Crippen LogP contribution in [0.15, 0.2) is 48.5 Å². The van der Waals surface area contributed by atoms with Gasteiger partial charge in [0.2, 0.25) is 5.91 Å². The number of nitrogens with zero attached hydrogens (tertiary/aromatic N) is 1. The molecule has 1 atom stereocenters. The Balaban J connectivity index is 2.20. The van der Waals surface area contributed by atoms with Gasteiger partial charge in [-0.25, -0.2) is 4.39 Å². The molecule has 2 rings (SSSR count). The molecule has 2 amide bonds. The fourth-order valence-electron chi connectivity index (χ4n) is 2.94. The van der Waals surface area contributed by atoms with Gasteiger partial charge in [0, 0.05) is 13.1 Å². The molecule has 0 aliphatic heterocycles. The molecule has 0 aliphatic carbocycles. The van der Waals surface area contributed by atoms with Crippen LogP contribution in [-0.4, -0.2) is 35.9 Å². The number of hydrogen-bond acceptors (Lipinski definition) is 3. The molecule has 0 saturated carbocycles. The third-order valence-corrected chi connectivity index (χ3v) is 4.51. The number of amides is 2. The molecule has 0 saturated heterocycles. The van der Waals surface area contributed by atoms with Crippen molar-refractivity contribution in [1.82, 2.24) is 10.2 Å². The predicted octanol–water partition coefficient (Wildman–Crippen LogP) is 3.46. The first kappa shape index (κ1) is 21.4. The van der Waals surface area contributed by atoms with E-state index >= 15 is 0 Å². The highest BCUT2D eigenvalue weighted by atomic mass is 19.1. The normalized spacial score (nSPS) is 11.6. The van der Waals surface area contributed by atoms with Crippen molar-refractivity contribution in [2.45, 2.75) is 39.8 Å². The molecular formula is C22H27FN2O3. The zero-order chi connectivity index (χ0) is 20.5. The van der Waals surface area contributed by atoms with E-state index in [0.29, 0.717) is 25.3 Å². The SMILES string of the molecule is CCNC(=O)[C@H](CC)N(Cc1ccccc1C)C(=O)COc1ccc(F)cc1. The molecule has 6 heteroatoms. The lowest BCUT2D eigenvalue weighted by atomic mass is 10.1. The molecule has 0 spiro atoms. The molecular weight excluding hydrogens is 359 g/mol. The highest BCUT2D eigenvalue weighted by molar-refractivity contribution is 5.88. The van der Waals surface area contributed by atoms with Gasteiger partial charge in [0.15, 0.2) is 6.61 Å². The van der Waals surface area contributed by atoms with E-state index in [1.165, 1.54) is 24.3 Å². The summed E-state index contributed by atoms with van der Waals surface area (Å²) in [5.41, 5.74) is 2.02. The van der Waals surface area contributed by atoms with Gasteiger partial charge in [-0.3, -0.25) is 9.59 Å². The third-order valence-electron chi connectivity index (χ3n) is 4.51. The Kier molecular flexibility index (Phi) is 7.99. The van der Waals surface area contributed by atoms with Crippen molar-refractivity contribution in [1.29, 1.82) is 0 Å². The Bertz CT molecular complexity index is 793. The van der Waals surface area contributed by atoms with Crippen molar-refractivity contribution in [3.8, 4) is 5.75 Å². The smallest absolute Gasteiger partial charge is 0.261 e. The van der Waals surface area contributed by atoms with E-state index in [-0.39, 0.29) is 24.2 Å². The molecule has 0 unspecified atom stereocenters. The minimum absolute atomic E-state index is 0.186. The summed E-state index contributed by atoms with van der Waals surface area (Å²) in [5.74, 6) is -0.460. The van der Waals surface area contributed by atoms with E-state index in [2.05, 4.69) is 5.32 Å². The second kappa shape index (κ2) is 10.4. The fraction of sp³-hybridized carbons (Fsp3) is 0.364. The van der Waals surface area contributed by atoms with Gasteiger partial charge in [0.05, 0.1) is 0 Å². The summed E-state index contributed by atoms with van der Waals surface area (Å²) in [4.78, 5) is 27.0. The summed E-state index contributed by atoms with van der Waals surface area (Å²) in [6, 6.07) is 12.6. The summed E-state index contributed by atoms with van der Waals surface area (Å²) in [6.45, 7) is 6.27. The zero-order valence-electron chi connectivity index (χ0n) is 16.6. The molecule has 0 heterocycles. The number of likely N-dealkylation sites (N-methyl/N-ethyl adjacent to an activating group) is 1.